The normalized spacial score (nSPS) is 13.6. The van der Waals surface area contributed by atoms with E-state index in [4.69, 9.17) is 5.73 Å². The second-order valence-electron chi connectivity index (χ2n) is 4.05. The minimum Gasteiger partial charge on any atom is -0.385 e. The molecule has 3 N–H and O–H groups in total. The molecule has 0 amide bonds. The van der Waals surface area contributed by atoms with Crippen LogP contribution >= 0.6 is 0 Å². The second-order valence-corrected chi connectivity index (χ2v) is 5.97. The van der Waals surface area contributed by atoms with E-state index in [9.17, 15) is 17.2 Å². The summed E-state index contributed by atoms with van der Waals surface area (Å²) in [6, 6.07) is 5.24. The standard InChI is InChI=1S/C11H16F2N2O2S/c1-8(6-14)7-15-9-2-4-10(5-3-9)18(16,17)11(12)13/h2-5,8,11,15H,6-7,14H2,1H3. The summed E-state index contributed by atoms with van der Waals surface area (Å²) in [5.74, 6) is -3.12. The minimum absolute atomic E-state index is 0.273. The molecule has 1 unspecified atom stereocenters. The van der Waals surface area contributed by atoms with Gasteiger partial charge in [0.25, 0.3) is 0 Å². The summed E-state index contributed by atoms with van der Waals surface area (Å²) in [6.45, 7) is 3.13. The number of hydrogen-bond donors (Lipinski definition) is 2. The zero-order valence-electron chi connectivity index (χ0n) is 9.94. The highest BCUT2D eigenvalue weighted by atomic mass is 32.2. The van der Waals surface area contributed by atoms with E-state index in [1.165, 1.54) is 12.1 Å². The average Bonchev–Trinajstić information content (AvgIpc) is 2.36. The molecule has 7 heteroatoms. The van der Waals surface area contributed by atoms with Crippen molar-refractivity contribution in [2.75, 3.05) is 18.4 Å². The molecule has 0 aromatic heterocycles. The molecule has 0 saturated heterocycles. The first-order valence-electron chi connectivity index (χ1n) is 5.44. The van der Waals surface area contributed by atoms with Crippen molar-refractivity contribution in [2.45, 2.75) is 17.6 Å². The third kappa shape index (κ3) is 3.64. The van der Waals surface area contributed by atoms with E-state index in [1.54, 1.807) is 0 Å². The smallest absolute Gasteiger partial charge is 0.341 e. The highest BCUT2D eigenvalue weighted by Crippen LogP contribution is 2.20. The molecule has 1 rings (SSSR count). The lowest BCUT2D eigenvalue weighted by Crippen LogP contribution is -2.19. The second kappa shape index (κ2) is 6.10. The summed E-state index contributed by atoms with van der Waals surface area (Å²) in [4.78, 5) is -0.380. The summed E-state index contributed by atoms with van der Waals surface area (Å²) >= 11 is 0. The van der Waals surface area contributed by atoms with Crippen LogP contribution in [0.4, 0.5) is 14.5 Å². The summed E-state index contributed by atoms with van der Waals surface area (Å²) < 4.78 is 46.9. The molecule has 0 heterocycles. The first-order chi connectivity index (χ1) is 8.37. The molecule has 0 radical (unpaired) electrons. The number of nitrogens with two attached hydrogens (primary N) is 1. The quantitative estimate of drug-likeness (QED) is 0.830. The Labute approximate surface area is 105 Å². The molecule has 1 aromatic rings. The van der Waals surface area contributed by atoms with Crippen molar-refractivity contribution in [3.8, 4) is 0 Å². The first-order valence-corrected chi connectivity index (χ1v) is 6.98. The zero-order valence-corrected chi connectivity index (χ0v) is 10.8. The van der Waals surface area contributed by atoms with Gasteiger partial charge < -0.3 is 11.1 Å². The SMILES string of the molecule is CC(CN)CNc1ccc(S(=O)(=O)C(F)F)cc1. The molecule has 0 fully saturated rings. The van der Waals surface area contributed by atoms with E-state index in [-0.39, 0.29) is 10.8 Å². The van der Waals surface area contributed by atoms with Gasteiger partial charge in [0.15, 0.2) is 0 Å². The fourth-order valence-corrected chi connectivity index (χ4v) is 1.96. The maximum Gasteiger partial charge on any atom is 0.341 e. The first kappa shape index (κ1) is 14.8. The molecular formula is C11H16F2N2O2S. The van der Waals surface area contributed by atoms with Crippen molar-refractivity contribution in [3.05, 3.63) is 24.3 Å². The van der Waals surface area contributed by atoms with Crippen molar-refractivity contribution in [3.63, 3.8) is 0 Å². The molecule has 1 atom stereocenters. The van der Waals surface area contributed by atoms with Crippen molar-refractivity contribution in [2.24, 2.45) is 11.7 Å². The van der Waals surface area contributed by atoms with Crippen LogP contribution < -0.4 is 11.1 Å². The number of sulfone groups is 1. The topological polar surface area (TPSA) is 72.2 Å². The molecule has 0 saturated carbocycles. The number of hydrogen-bond acceptors (Lipinski definition) is 4. The Morgan fingerprint density at radius 2 is 1.83 bits per heavy atom. The monoisotopic (exact) mass is 278 g/mol. The van der Waals surface area contributed by atoms with Gasteiger partial charge in [-0.25, -0.2) is 8.42 Å². The number of anilines is 1. The summed E-state index contributed by atoms with van der Waals surface area (Å²) in [6.07, 6.45) is 0. The number of halogens is 2. The largest absolute Gasteiger partial charge is 0.385 e. The lowest BCUT2D eigenvalue weighted by molar-refractivity contribution is 0.234. The average molecular weight is 278 g/mol. The van der Waals surface area contributed by atoms with Gasteiger partial charge in [-0.1, -0.05) is 6.92 Å². The van der Waals surface area contributed by atoms with E-state index < -0.39 is 15.6 Å². The molecule has 18 heavy (non-hydrogen) atoms. The fourth-order valence-electron chi connectivity index (χ4n) is 1.24. The van der Waals surface area contributed by atoms with Crippen LogP contribution in [0.3, 0.4) is 0 Å². The molecule has 1 aromatic carbocycles. The van der Waals surface area contributed by atoms with Crippen LogP contribution in [-0.4, -0.2) is 27.3 Å². The number of alkyl halides is 2. The Morgan fingerprint density at radius 3 is 2.28 bits per heavy atom. The van der Waals surface area contributed by atoms with Crippen LogP contribution in [0.1, 0.15) is 6.92 Å². The Morgan fingerprint density at radius 1 is 1.28 bits per heavy atom. The lowest BCUT2D eigenvalue weighted by atomic mass is 10.2. The van der Waals surface area contributed by atoms with Crippen molar-refractivity contribution >= 4 is 15.5 Å². The van der Waals surface area contributed by atoms with Gasteiger partial charge in [0.05, 0.1) is 4.90 Å². The van der Waals surface area contributed by atoms with Gasteiger partial charge in [-0.2, -0.15) is 8.78 Å². The molecular weight excluding hydrogens is 262 g/mol. The maximum absolute atomic E-state index is 12.3. The van der Waals surface area contributed by atoms with E-state index >= 15 is 0 Å². The van der Waals surface area contributed by atoms with E-state index in [2.05, 4.69) is 5.32 Å². The number of benzene rings is 1. The van der Waals surface area contributed by atoms with Gasteiger partial charge in [-0.05, 0) is 36.7 Å². The number of rotatable bonds is 6. The molecule has 102 valence electrons. The zero-order chi connectivity index (χ0) is 13.8. The lowest BCUT2D eigenvalue weighted by Gasteiger charge is -2.11. The van der Waals surface area contributed by atoms with Crippen molar-refractivity contribution in [1.82, 2.24) is 0 Å². The van der Waals surface area contributed by atoms with Gasteiger partial charge in [0.1, 0.15) is 0 Å². The van der Waals surface area contributed by atoms with Gasteiger partial charge in [-0.15, -0.1) is 0 Å². The predicted octanol–water partition coefficient (Wildman–Crippen LogP) is 1.69. The van der Waals surface area contributed by atoms with Gasteiger partial charge >= 0.3 is 5.76 Å². The Hall–Kier alpha value is -1.21. The van der Waals surface area contributed by atoms with E-state index in [1.807, 2.05) is 6.92 Å². The van der Waals surface area contributed by atoms with Crippen LogP contribution in [0.2, 0.25) is 0 Å². The molecule has 0 aliphatic rings. The maximum atomic E-state index is 12.3. The highest BCUT2D eigenvalue weighted by molar-refractivity contribution is 7.91. The summed E-state index contributed by atoms with van der Waals surface area (Å²) in [5.41, 5.74) is 6.12. The minimum atomic E-state index is -4.51. The molecule has 0 aliphatic carbocycles. The van der Waals surface area contributed by atoms with Gasteiger partial charge in [-0.3, -0.25) is 0 Å². The molecule has 0 bridgehead atoms. The van der Waals surface area contributed by atoms with Crippen LogP contribution in [0.15, 0.2) is 29.2 Å². The number of nitrogens with one attached hydrogen (secondary N) is 1. The highest BCUT2D eigenvalue weighted by Gasteiger charge is 2.26. The van der Waals surface area contributed by atoms with Crippen LogP contribution in [0, 0.1) is 5.92 Å². The van der Waals surface area contributed by atoms with E-state index in [0.717, 1.165) is 12.1 Å². The van der Waals surface area contributed by atoms with Gasteiger partial charge in [0, 0.05) is 12.2 Å². The third-order valence-electron chi connectivity index (χ3n) is 2.47. The summed E-state index contributed by atoms with van der Waals surface area (Å²) in [7, 11) is -4.51. The Balaban J connectivity index is 2.75. The fraction of sp³-hybridized carbons (Fsp3) is 0.455. The van der Waals surface area contributed by atoms with Crippen molar-refractivity contribution < 1.29 is 17.2 Å². The van der Waals surface area contributed by atoms with Crippen LogP contribution in [-0.2, 0) is 9.84 Å². The van der Waals surface area contributed by atoms with Crippen molar-refractivity contribution in [1.29, 1.82) is 0 Å². The van der Waals surface area contributed by atoms with Crippen LogP contribution in [0.5, 0.6) is 0 Å². The summed E-state index contributed by atoms with van der Waals surface area (Å²) in [5, 5.41) is 3.04. The third-order valence-corrected chi connectivity index (χ3v) is 3.87. The molecule has 0 spiro atoms. The Kier molecular flexibility index (Phi) is 5.03. The Bertz CT molecular complexity index is 474. The van der Waals surface area contributed by atoms with Gasteiger partial charge in [0.2, 0.25) is 9.84 Å². The predicted molar refractivity (Wildman–Crippen MR) is 66.3 cm³/mol. The molecule has 4 nitrogen and oxygen atoms in total. The van der Waals surface area contributed by atoms with E-state index in [0.29, 0.717) is 18.8 Å². The molecule has 0 aliphatic heterocycles. The van der Waals surface area contributed by atoms with Crippen LogP contribution in [0.25, 0.3) is 0 Å².